The first-order valence-electron chi connectivity index (χ1n) is 7.97. The van der Waals surface area contributed by atoms with Gasteiger partial charge in [-0.15, -0.1) is 12.4 Å². The summed E-state index contributed by atoms with van der Waals surface area (Å²) in [5, 5.41) is 3.26. The van der Waals surface area contributed by atoms with Crippen molar-refractivity contribution in [1.29, 1.82) is 0 Å². The molecule has 0 aromatic heterocycles. The van der Waals surface area contributed by atoms with Crippen LogP contribution in [0.1, 0.15) is 19.4 Å². The van der Waals surface area contributed by atoms with Gasteiger partial charge < -0.3 is 15.0 Å². The van der Waals surface area contributed by atoms with Crippen LogP contribution in [0.5, 0.6) is 5.75 Å². The number of hydrogen-bond acceptors (Lipinski definition) is 4. The molecule has 1 fully saturated rings. The topological polar surface area (TPSA) is 44.8 Å². The van der Waals surface area contributed by atoms with E-state index in [1.54, 1.807) is 0 Å². The third kappa shape index (κ3) is 6.77. The first-order chi connectivity index (χ1) is 10.5. The van der Waals surface area contributed by atoms with Crippen LogP contribution in [0.3, 0.4) is 0 Å². The number of ether oxygens (including phenoxy) is 1. The number of nitrogens with zero attached hydrogens (tertiary/aromatic N) is 2. The number of rotatable bonds is 6. The number of carbonyl (C=O) groups excluding carboxylic acids is 1. The Labute approximate surface area is 145 Å². The number of nitrogens with one attached hydrogen (secondary N) is 1. The summed E-state index contributed by atoms with van der Waals surface area (Å²) in [5.41, 5.74) is 1.16. The summed E-state index contributed by atoms with van der Waals surface area (Å²) in [6.45, 7) is 8.64. The average molecular weight is 342 g/mol. The Morgan fingerprint density at radius 2 is 2.04 bits per heavy atom. The molecule has 23 heavy (non-hydrogen) atoms. The molecule has 5 nitrogen and oxygen atoms in total. The van der Waals surface area contributed by atoms with Gasteiger partial charge in [-0.1, -0.05) is 12.1 Å². The van der Waals surface area contributed by atoms with E-state index in [1.165, 1.54) is 0 Å². The van der Waals surface area contributed by atoms with Crippen LogP contribution in [-0.4, -0.2) is 61.6 Å². The van der Waals surface area contributed by atoms with E-state index in [1.807, 2.05) is 44.0 Å². The fourth-order valence-electron chi connectivity index (χ4n) is 2.60. The number of likely N-dealkylation sites (N-methyl/N-ethyl adjacent to an activating group) is 1. The molecule has 2 rings (SSSR count). The predicted octanol–water partition coefficient (Wildman–Crippen LogP) is 1.76. The third-order valence-electron chi connectivity index (χ3n) is 3.60. The van der Waals surface area contributed by atoms with E-state index in [2.05, 4.69) is 16.3 Å². The molecule has 0 bridgehead atoms. The van der Waals surface area contributed by atoms with E-state index in [0.29, 0.717) is 6.54 Å². The quantitative estimate of drug-likeness (QED) is 0.856. The van der Waals surface area contributed by atoms with Crippen LogP contribution in [0.2, 0.25) is 0 Å². The van der Waals surface area contributed by atoms with Crippen molar-refractivity contribution in [3.05, 3.63) is 29.8 Å². The Bertz CT molecular complexity index is 490. The van der Waals surface area contributed by atoms with Crippen LogP contribution in [0.4, 0.5) is 0 Å². The first kappa shape index (κ1) is 19.7. The van der Waals surface area contributed by atoms with Crippen LogP contribution in [0.25, 0.3) is 0 Å². The number of piperazine rings is 1. The van der Waals surface area contributed by atoms with Crippen LogP contribution >= 0.6 is 12.4 Å². The van der Waals surface area contributed by atoms with Crippen LogP contribution < -0.4 is 10.1 Å². The SMILES string of the molecule is CC(C)Oc1cccc(CN(C)CC(=O)N2CCNCC2)c1.Cl. The lowest BCUT2D eigenvalue weighted by atomic mass is 10.2. The largest absolute Gasteiger partial charge is 0.491 e. The summed E-state index contributed by atoms with van der Waals surface area (Å²) in [6, 6.07) is 8.08. The fourth-order valence-corrected chi connectivity index (χ4v) is 2.60. The first-order valence-corrected chi connectivity index (χ1v) is 7.97. The normalized spacial score (nSPS) is 14.7. The van der Waals surface area contributed by atoms with E-state index in [-0.39, 0.29) is 24.4 Å². The molecule has 6 heteroatoms. The molecule has 0 saturated carbocycles. The van der Waals surface area contributed by atoms with Gasteiger partial charge >= 0.3 is 0 Å². The van der Waals surface area contributed by atoms with Crippen molar-refractivity contribution in [1.82, 2.24) is 15.1 Å². The monoisotopic (exact) mass is 341 g/mol. The van der Waals surface area contributed by atoms with Gasteiger partial charge in [0, 0.05) is 32.7 Å². The second-order valence-electron chi connectivity index (χ2n) is 6.12. The lowest BCUT2D eigenvalue weighted by Gasteiger charge is -2.29. The Kier molecular flexibility index (Phi) is 8.37. The van der Waals surface area contributed by atoms with Gasteiger partial charge in [-0.3, -0.25) is 9.69 Å². The Hall–Kier alpha value is -1.30. The number of benzene rings is 1. The van der Waals surface area contributed by atoms with Crippen molar-refractivity contribution in [2.75, 3.05) is 39.8 Å². The van der Waals surface area contributed by atoms with E-state index < -0.39 is 0 Å². The molecule has 1 aliphatic rings. The summed E-state index contributed by atoms with van der Waals surface area (Å²) in [5.74, 6) is 1.09. The molecule has 0 radical (unpaired) electrons. The number of halogens is 1. The highest BCUT2D eigenvalue weighted by Crippen LogP contribution is 2.16. The third-order valence-corrected chi connectivity index (χ3v) is 3.60. The van der Waals surface area contributed by atoms with Gasteiger partial charge in [0.1, 0.15) is 5.75 Å². The van der Waals surface area contributed by atoms with Gasteiger partial charge in [-0.2, -0.15) is 0 Å². The van der Waals surface area contributed by atoms with Crippen molar-refractivity contribution in [3.63, 3.8) is 0 Å². The fraction of sp³-hybridized carbons (Fsp3) is 0.588. The standard InChI is InChI=1S/C17H27N3O2.ClH/c1-14(2)22-16-6-4-5-15(11-16)12-19(3)13-17(21)20-9-7-18-8-10-20;/h4-6,11,14,18H,7-10,12-13H2,1-3H3;1H. The van der Waals surface area contributed by atoms with Crippen LogP contribution in [0.15, 0.2) is 24.3 Å². The highest BCUT2D eigenvalue weighted by atomic mass is 35.5. The minimum absolute atomic E-state index is 0. The molecule has 0 aliphatic carbocycles. The maximum atomic E-state index is 12.2. The van der Waals surface area contributed by atoms with Crippen molar-refractivity contribution < 1.29 is 9.53 Å². The molecular formula is C17H28ClN3O2. The predicted molar refractivity (Wildman–Crippen MR) is 95.2 cm³/mol. The summed E-state index contributed by atoms with van der Waals surface area (Å²) in [4.78, 5) is 16.2. The van der Waals surface area contributed by atoms with E-state index in [0.717, 1.165) is 44.0 Å². The number of hydrogen-bond donors (Lipinski definition) is 1. The second-order valence-corrected chi connectivity index (χ2v) is 6.12. The van der Waals surface area contributed by atoms with Crippen molar-refractivity contribution in [2.24, 2.45) is 0 Å². The summed E-state index contributed by atoms with van der Waals surface area (Å²) >= 11 is 0. The highest BCUT2D eigenvalue weighted by Gasteiger charge is 2.17. The van der Waals surface area contributed by atoms with Crippen LogP contribution in [-0.2, 0) is 11.3 Å². The maximum Gasteiger partial charge on any atom is 0.236 e. The van der Waals surface area contributed by atoms with Crippen molar-refractivity contribution >= 4 is 18.3 Å². The zero-order chi connectivity index (χ0) is 15.9. The van der Waals surface area contributed by atoms with Crippen LogP contribution in [0, 0.1) is 0 Å². The summed E-state index contributed by atoms with van der Waals surface area (Å²) in [6.07, 6.45) is 0.169. The Morgan fingerprint density at radius 1 is 1.35 bits per heavy atom. The van der Waals surface area contributed by atoms with E-state index >= 15 is 0 Å². The number of carbonyl (C=O) groups is 1. The number of amides is 1. The minimum Gasteiger partial charge on any atom is -0.491 e. The molecule has 1 amide bonds. The Balaban J connectivity index is 0.00000264. The van der Waals surface area contributed by atoms with E-state index in [4.69, 9.17) is 4.74 Å². The molecule has 1 N–H and O–H groups in total. The summed E-state index contributed by atoms with van der Waals surface area (Å²) in [7, 11) is 1.98. The van der Waals surface area contributed by atoms with Gasteiger partial charge in [-0.05, 0) is 38.6 Å². The zero-order valence-corrected chi connectivity index (χ0v) is 15.1. The molecule has 0 unspecified atom stereocenters. The minimum atomic E-state index is 0. The van der Waals surface area contributed by atoms with Gasteiger partial charge in [-0.25, -0.2) is 0 Å². The van der Waals surface area contributed by atoms with Crippen molar-refractivity contribution in [2.45, 2.75) is 26.5 Å². The second kappa shape index (κ2) is 9.75. The maximum absolute atomic E-state index is 12.2. The molecule has 1 saturated heterocycles. The molecule has 1 aliphatic heterocycles. The summed E-state index contributed by atoms with van der Waals surface area (Å²) < 4.78 is 5.71. The Morgan fingerprint density at radius 3 is 2.70 bits per heavy atom. The lowest BCUT2D eigenvalue weighted by Crippen LogP contribution is -2.49. The van der Waals surface area contributed by atoms with E-state index in [9.17, 15) is 4.79 Å². The highest BCUT2D eigenvalue weighted by molar-refractivity contribution is 5.85. The zero-order valence-electron chi connectivity index (χ0n) is 14.2. The average Bonchev–Trinajstić information content (AvgIpc) is 2.47. The van der Waals surface area contributed by atoms with Gasteiger partial charge in [0.15, 0.2) is 0 Å². The molecular weight excluding hydrogens is 314 g/mol. The van der Waals surface area contributed by atoms with Gasteiger partial charge in [0.2, 0.25) is 5.91 Å². The molecule has 0 spiro atoms. The molecule has 1 aromatic rings. The smallest absolute Gasteiger partial charge is 0.236 e. The molecule has 130 valence electrons. The van der Waals surface area contributed by atoms with Gasteiger partial charge in [0.05, 0.1) is 12.6 Å². The molecule has 1 aromatic carbocycles. The van der Waals surface area contributed by atoms with Crippen molar-refractivity contribution in [3.8, 4) is 5.75 Å². The van der Waals surface area contributed by atoms with Gasteiger partial charge in [0.25, 0.3) is 0 Å². The molecule has 1 heterocycles. The lowest BCUT2D eigenvalue weighted by molar-refractivity contribution is -0.132. The molecule has 0 atom stereocenters.